The normalized spacial score (nSPS) is 16.3. The number of thiophene rings is 1. The van der Waals surface area contributed by atoms with Crippen LogP contribution >= 0.6 is 11.3 Å². The molecule has 1 saturated heterocycles. The predicted octanol–water partition coefficient (Wildman–Crippen LogP) is 2.88. The third-order valence-corrected chi connectivity index (χ3v) is 4.61. The molecule has 0 spiro atoms. The summed E-state index contributed by atoms with van der Waals surface area (Å²) in [6.07, 6.45) is 4.37. The molecule has 0 aromatic carbocycles. The Morgan fingerprint density at radius 2 is 2.18 bits per heavy atom. The first kappa shape index (κ1) is 15.0. The molecule has 1 fully saturated rings. The molecule has 0 radical (unpaired) electrons. The minimum atomic E-state index is -0.0361. The molecular weight excluding hydrogens is 296 g/mol. The van der Waals surface area contributed by atoms with E-state index in [1.54, 1.807) is 23.7 Å². The van der Waals surface area contributed by atoms with Gasteiger partial charge in [-0.05, 0) is 30.0 Å². The fraction of sp³-hybridized carbons (Fsp3) is 0.375. The molecule has 22 heavy (non-hydrogen) atoms. The smallest absolute Gasteiger partial charge is 0.321 e. The van der Waals surface area contributed by atoms with Gasteiger partial charge < -0.3 is 10.2 Å². The molecule has 0 saturated carbocycles. The number of hydrogen-bond donors (Lipinski definition) is 1. The van der Waals surface area contributed by atoms with Gasteiger partial charge in [0, 0.05) is 43.8 Å². The molecule has 2 aromatic heterocycles. The number of carbonyl (C=O) groups excluding carboxylic acids is 1. The van der Waals surface area contributed by atoms with Gasteiger partial charge in [-0.15, -0.1) is 11.3 Å². The third-order valence-electron chi connectivity index (χ3n) is 3.75. The van der Waals surface area contributed by atoms with Gasteiger partial charge in [-0.3, -0.25) is 9.88 Å². The Labute approximate surface area is 134 Å². The monoisotopic (exact) mass is 316 g/mol. The van der Waals surface area contributed by atoms with E-state index >= 15 is 0 Å². The van der Waals surface area contributed by atoms with E-state index in [-0.39, 0.29) is 6.03 Å². The molecule has 3 rings (SSSR count). The van der Waals surface area contributed by atoms with Crippen LogP contribution in [0.15, 0.2) is 42.0 Å². The highest BCUT2D eigenvalue weighted by Crippen LogP contribution is 2.14. The molecule has 5 nitrogen and oxygen atoms in total. The van der Waals surface area contributed by atoms with Gasteiger partial charge in [-0.25, -0.2) is 4.79 Å². The van der Waals surface area contributed by atoms with Crippen LogP contribution in [0, 0.1) is 0 Å². The van der Waals surface area contributed by atoms with Crippen LogP contribution in [0.25, 0.3) is 0 Å². The van der Waals surface area contributed by atoms with E-state index in [0.717, 1.165) is 44.8 Å². The van der Waals surface area contributed by atoms with E-state index < -0.39 is 0 Å². The number of hydrogen-bond acceptors (Lipinski definition) is 4. The summed E-state index contributed by atoms with van der Waals surface area (Å²) >= 11 is 1.79. The van der Waals surface area contributed by atoms with Crippen molar-refractivity contribution in [1.82, 2.24) is 14.8 Å². The van der Waals surface area contributed by atoms with Gasteiger partial charge >= 0.3 is 6.03 Å². The van der Waals surface area contributed by atoms with Gasteiger partial charge in [-0.2, -0.15) is 0 Å². The van der Waals surface area contributed by atoms with Crippen LogP contribution in [0.5, 0.6) is 0 Å². The number of carbonyl (C=O) groups is 1. The fourth-order valence-electron chi connectivity index (χ4n) is 2.59. The third kappa shape index (κ3) is 4.05. The van der Waals surface area contributed by atoms with Gasteiger partial charge in [0.05, 0.1) is 11.9 Å². The van der Waals surface area contributed by atoms with Crippen molar-refractivity contribution >= 4 is 23.1 Å². The second-order valence-electron chi connectivity index (χ2n) is 5.37. The van der Waals surface area contributed by atoms with Crippen molar-refractivity contribution in [3.63, 3.8) is 0 Å². The van der Waals surface area contributed by atoms with E-state index in [2.05, 4.69) is 32.7 Å². The first-order valence-electron chi connectivity index (χ1n) is 7.52. The summed E-state index contributed by atoms with van der Waals surface area (Å²) in [5, 5.41) is 5.02. The molecule has 3 heterocycles. The number of urea groups is 1. The van der Waals surface area contributed by atoms with Crippen LogP contribution in [-0.4, -0.2) is 47.0 Å². The van der Waals surface area contributed by atoms with Crippen molar-refractivity contribution < 1.29 is 4.79 Å². The number of aromatic nitrogens is 1. The lowest BCUT2D eigenvalue weighted by molar-refractivity contribution is 0.211. The van der Waals surface area contributed by atoms with Crippen molar-refractivity contribution in [3.05, 3.63) is 46.9 Å². The zero-order valence-electron chi connectivity index (χ0n) is 12.4. The number of anilines is 1. The van der Waals surface area contributed by atoms with E-state index in [9.17, 15) is 4.79 Å². The maximum atomic E-state index is 12.3. The number of pyridine rings is 1. The van der Waals surface area contributed by atoms with Gasteiger partial charge in [0.2, 0.25) is 0 Å². The molecule has 2 aromatic rings. The Bertz CT molecular complexity index is 587. The maximum absolute atomic E-state index is 12.3. The molecule has 0 bridgehead atoms. The summed E-state index contributed by atoms with van der Waals surface area (Å²) < 4.78 is 0. The highest BCUT2D eigenvalue weighted by molar-refractivity contribution is 7.09. The Balaban J connectivity index is 1.52. The molecule has 1 N–H and O–H groups in total. The average Bonchev–Trinajstić information content (AvgIpc) is 2.92. The molecular formula is C16H20N4OS. The largest absolute Gasteiger partial charge is 0.323 e. The van der Waals surface area contributed by atoms with Crippen molar-refractivity contribution in [3.8, 4) is 0 Å². The van der Waals surface area contributed by atoms with Crippen LogP contribution in [0.3, 0.4) is 0 Å². The second kappa shape index (κ2) is 7.38. The summed E-state index contributed by atoms with van der Waals surface area (Å²) in [6.45, 7) is 4.49. The molecule has 6 heteroatoms. The summed E-state index contributed by atoms with van der Waals surface area (Å²) in [5.74, 6) is 0. The second-order valence-corrected chi connectivity index (χ2v) is 6.40. The SMILES string of the molecule is O=C(Nc1cccnc1)N1CCCN(Cc2cccs2)CC1. The first-order valence-corrected chi connectivity index (χ1v) is 8.40. The molecule has 2 amide bonds. The lowest BCUT2D eigenvalue weighted by Gasteiger charge is -2.22. The summed E-state index contributed by atoms with van der Waals surface area (Å²) in [4.78, 5) is 22.0. The molecule has 116 valence electrons. The van der Waals surface area contributed by atoms with Gasteiger partial charge in [0.15, 0.2) is 0 Å². The van der Waals surface area contributed by atoms with Crippen molar-refractivity contribution in [2.75, 3.05) is 31.5 Å². The highest BCUT2D eigenvalue weighted by Gasteiger charge is 2.19. The van der Waals surface area contributed by atoms with E-state index in [1.807, 2.05) is 17.0 Å². The summed E-state index contributed by atoms with van der Waals surface area (Å²) in [7, 11) is 0. The highest BCUT2D eigenvalue weighted by atomic mass is 32.1. The zero-order chi connectivity index (χ0) is 15.2. The van der Waals surface area contributed by atoms with E-state index in [0.29, 0.717) is 0 Å². The summed E-state index contributed by atoms with van der Waals surface area (Å²) in [5.41, 5.74) is 0.743. The fourth-order valence-corrected chi connectivity index (χ4v) is 3.34. The molecule has 0 unspecified atom stereocenters. The lowest BCUT2D eigenvalue weighted by atomic mass is 10.3. The zero-order valence-corrected chi connectivity index (χ0v) is 13.3. The minimum Gasteiger partial charge on any atom is -0.323 e. The van der Waals surface area contributed by atoms with Gasteiger partial charge in [0.1, 0.15) is 0 Å². The Hall–Kier alpha value is -1.92. The van der Waals surface area contributed by atoms with Crippen molar-refractivity contribution in [1.29, 1.82) is 0 Å². The topological polar surface area (TPSA) is 48.5 Å². The van der Waals surface area contributed by atoms with Crippen LogP contribution in [0.1, 0.15) is 11.3 Å². The standard InChI is InChI=1S/C16H20N4OS/c21-16(18-14-4-1-6-17-12-14)20-8-3-7-19(9-10-20)13-15-5-2-11-22-15/h1-2,4-6,11-12H,3,7-10,13H2,(H,18,21). The first-order chi connectivity index (χ1) is 10.8. The number of rotatable bonds is 3. The quantitative estimate of drug-likeness (QED) is 0.947. The van der Waals surface area contributed by atoms with Crippen LogP contribution < -0.4 is 5.32 Å². The van der Waals surface area contributed by atoms with Crippen molar-refractivity contribution in [2.24, 2.45) is 0 Å². The van der Waals surface area contributed by atoms with Crippen LogP contribution in [0.2, 0.25) is 0 Å². The van der Waals surface area contributed by atoms with Crippen LogP contribution in [0.4, 0.5) is 10.5 Å². The molecule has 1 aliphatic heterocycles. The minimum absolute atomic E-state index is 0.0361. The van der Waals surface area contributed by atoms with Gasteiger partial charge in [-0.1, -0.05) is 6.07 Å². The Morgan fingerprint density at radius 3 is 2.95 bits per heavy atom. The van der Waals surface area contributed by atoms with E-state index in [4.69, 9.17) is 0 Å². The lowest BCUT2D eigenvalue weighted by Crippen LogP contribution is -2.38. The number of amides is 2. The predicted molar refractivity (Wildman–Crippen MR) is 89.0 cm³/mol. The molecule has 0 aliphatic carbocycles. The molecule has 0 atom stereocenters. The maximum Gasteiger partial charge on any atom is 0.321 e. The van der Waals surface area contributed by atoms with E-state index in [1.165, 1.54) is 4.88 Å². The van der Waals surface area contributed by atoms with Gasteiger partial charge in [0.25, 0.3) is 0 Å². The Kier molecular flexibility index (Phi) is 5.03. The van der Waals surface area contributed by atoms with Crippen molar-refractivity contribution in [2.45, 2.75) is 13.0 Å². The number of nitrogens with zero attached hydrogens (tertiary/aromatic N) is 3. The summed E-state index contributed by atoms with van der Waals surface area (Å²) in [6, 6.07) is 7.89. The average molecular weight is 316 g/mol. The number of nitrogens with one attached hydrogen (secondary N) is 1. The Morgan fingerprint density at radius 1 is 1.23 bits per heavy atom. The molecule has 1 aliphatic rings. The van der Waals surface area contributed by atoms with Crippen LogP contribution in [-0.2, 0) is 6.54 Å².